The summed E-state index contributed by atoms with van der Waals surface area (Å²) in [5.74, 6) is 3.20. The summed E-state index contributed by atoms with van der Waals surface area (Å²) in [5.41, 5.74) is 3.89. The van der Waals surface area contributed by atoms with Crippen molar-refractivity contribution < 1.29 is 0 Å². The zero-order valence-electron chi connectivity index (χ0n) is 9.56. The van der Waals surface area contributed by atoms with Crippen molar-refractivity contribution in [2.75, 3.05) is 0 Å². The molecule has 3 spiro atoms. The molecular formula is C14H20. The van der Waals surface area contributed by atoms with Gasteiger partial charge in [0.25, 0.3) is 0 Å². The van der Waals surface area contributed by atoms with Crippen LogP contribution in [0.15, 0.2) is 0 Å². The summed E-state index contributed by atoms with van der Waals surface area (Å²) in [5, 5.41) is 0. The average molecular weight is 188 g/mol. The van der Waals surface area contributed by atoms with E-state index in [-0.39, 0.29) is 0 Å². The number of rotatable bonds is 2. The summed E-state index contributed by atoms with van der Waals surface area (Å²) >= 11 is 0. The highest BCUT2D eigenvalue weighted by Gasteiger charge is 3.20. The molecular weight excluding hydrogens is 168 g/mol. The van der Waals surface area contributed by atoms with Gasteiger partial charge >= 0.3 is 0 Å². The molecule has 5 rings (SSSR count). The van der Waals surface area contributed by atoms with Crippen LogP contribution in [-0.2, 0) is 0 Å². The van der Waals surface area contributed by atoms with Crippen LogP contribution in [0.2, 0.25) is 0 Å². The number of hydrogen-bond donors (Lipinski definition) is 0. The second-order valence-electron chi connectivity index (χ2n) is 7.58. The van der Waals surface area contributed by atoms with Crippen LogP contribution in [-0.4, -0.2) is 0 Å². The SMILES string of the molecule is CC(C)C(C)C12CC13C2C31CC12CC2. The Kier molecular flexibility index (Phi) is 0.713. The van der Waals surface area contributed by atoms with Gasteiger partial charge in [-0.05, 0) is 65.1 Å². The van der Waals surface area contributed by atoms with Gasteiger partial charge in [0, 0.05) is 0 Å². The molecule has 0 aromatic carbocycles. The molecule has 5 aliphatic carbocycles. The van der Waals surface area contributed by atoms with E-state index in [4.69, 9.17) is 0 Å². The van der Waals surface area contributed by atoms with Gasteiger partial charge in [0.1, 0.15) is 0 Å². The van der Waals surface area contributed by atoms with Crippen LogP contribution < -0.4 is 0 Å². The van der Waals surface area contributed by atoms with Crippen molar-refractivity contribution in [1.29, 1.82) is 0 Å². The lowest BCUT2D eigenvalue weighted by atomic mass is 9.80. The van der Waals surface area contributed by atoms with Crippen molar-refractivity contribution in [2.24, 2.45) is 39.4 Å². The molecule has 0 heteroatoms. The zero-order valence-corrected chi connectivity index (χ0v) is 9.56. The number of hydrogen-bond acceptors (Lipinski definition) is 0. The second kappa shape index (κ2) is 1.37. The minimum atomic E-state index is 0.924. The average Bonchev–Trinajstić information content (AvgIpc) is 2.86. The largest absolute Gasteiger partial charge is 0.0625 e. The summed E-state index contributed by atoms with van der Waals surface area (Å²) in [6.45, 7) is 7.38. The van der Waals surface area contributed by atoms with Crippen molar-refractivity contribution in [3.8, 4) is 0 Å². The molecule has 0 heterocycles. The highest BCUT2D eigenvalue weighted by atomic mass is 15.2. The van der Waals surface area contributed by atoms with Gasteiger partial charge in [-0.25, -0.2) is 0 Å². The lowest BCUT2D eigenvalue weighted by molar-refractivity contribution is 0.231. The van der Waals surface area contributed by atoms with E-state index in [9.17, 15) is 0 Å². The van der Waals surface area contributed by atoms with Crippen molar-refractivity contribution >= 4 is 0 Å². The molecule has 0 aromatic rings. The summed E-state index contributed by atoms with van der Waals surface area (Å²) in [6, 6.07) is 0. The molecule has 0 amide bonds. The van der Waals surface area contributed by atoms with Gasteiger partial charge in [0.2, 0.25) is 0 Å². The smallest absolute Gasteiger partial charge is 0.0125 e. The zero-order chi connectivity index (χ0) is 9.56. The third kappa shape index (κ3) is 0.354. The molecule has 76 valence electrons. The van der Waals surface area contributed by atoms with Crippen molar-refractivity contribution in [2.45, 2.75) is 46.5 Å². The molecule has 5 aliphatic rings. The third-order valence-electron chi connectivity index (χ3n) is 7.51. The molecule has 5 unspecified atom stereocenters. The maximum atomic E-state index is 2.53. The van der Waals surface area contributed by atoms with Crippen LogP contribution >= 0.6 is 0 Å². The normalized spacial score (nSPS) is 69.0. The van der Waals surface area contributed by atoms with Crippen LogP contribution in [0.3, 0.4) is 0 Å². The van der Waals surface area contributed by atoms with E-state index in [2.05, 4.69) is 20.8 Å². The molecule has 0 aliphatic heterocycles. The molecule has 0 radical (unpaired) electrons. The first-order chi connectivity index (χ1) is 6.59. The van der Waals surface area contributed by atoms with E-state index in [1.807, 2.05) is 0 Å². The molecule has 0 nitrogen and oxygen atoms in total. The van der Waals surface area contributed by atoms with Crippen LogP contribution in [0, 0.1) is 39.4 Å². The lowest BCUT2D eigenvalue weighted by Crippen LogP contribution is -2.19. The molecule has 0 aromatic heterocycles. The monoisotopic (exact) mass is 188 g/mol. The van der Waals surface area contributed by atoms with E-state index in [0.717, 1.165) is 33.5 Å². The maximum Gasteiger partial charge on any atom is -0.0125 e. The van der Waals surface area contributed by atoms with Gasteiger partial charge in [-0.2, -0.15) is 0 Å². The quantitative estimate of drug-likeness (QED) is 0.622. The van der Waals surface area contributed by atoms with Gasteiger partial charge < -0.3 is 0 Å². The van der Waals surface area contributed by atoms with Gasteiger partial charge in [-0.15, -0.1) is 0 Å². The van der Waals surface area contributed by atoms with Gasteiger partial charge in [0.15, 0.2) is 0 Å². The van der Waals surface area contributed by atoms with Gasteiger partial charge in [0.05, 0.1) is 0 Å². The van der Waals surface area contributed by atoms with Crippen LogP contribution in [0.4, 0.5) is 0 Å². The molecule has 0 saturated heterocycles. The Hall–Kier alpha value is 0. The molecule has 0 bridgehead atoms. The molecule has 14 heavy (non-hydrogen) atoms. The highest BCUT2D eigenvalue weighted by molar-refractivity contribution is 5.67. The van der Waals surface area contributed by atoms with E-state index < -0.39 is 0 Å². The van der Waals surface area contributed by atoms with E-state index >= 15 is 0 Å². The fourth-order valence-corrected chi connectivity index (χ4v) is 6.38. The standard InChI is InChI=1S/C14H20/c1-8(2)9(3)12-7-14(12)10(12)13(14)6-11(13)4-5-11/h8-10H,4-7H2,1-3H3. The van der Waals surface area contributed by atoms with Crippen LogP contribution in [0.25, 0.3) is 0 Å². The first kappa shape index (κ1) is 7.30. The Morgan fingerprint density at radius 1 is 1.00 bits per heavy atom. The van der Waals surface area contributed by atoms with Gasteiger partial charge in [-0.1, -0.05) is 20.8 Å². The van der Waals surface area contributed by atoms with E-state index in [0.29, 0.717) is 0 Å². The highest BCUT2D eigenvalue weighted by Crippen LogP contribution is 3.25. The first-order valence-corrected chi connectivity index (χ1v) is 6.59. The maximum absolute atomic E-state index is 2.53. The van der Waals surface area contributed by atoms with E-state index in [1.54, 1.807) is 25.7 Å². The first-order valence-electron chi connectivity index (χ1n) is 6.59. The Balaban J connectivity index is 1.47. The van der Waals surface area contributed by atoms with Crippen molar-refractivity contribution in [3.05, 3.63) is 0 Å². The van der Waals surface area contributed by atoms with Gasteiger partial charge in [-0.3, -0.25) is 0 Å². The third-order valence-corrected chi connectivity index (χ3v) is 7.51. The number of fused-ring (bicyclic) bond motifs is 3. The molecule has 5 atom stereocenters. The van der Waals surface area contributed by atoms with Crippen molar-refractivity contribution in [3.63, 3.8) is 0 Å². The summed E-state index contributed by atoms with van der Waals surface area (Å²) in [7, 11) is 0. The molecule has 5 saturated carbocycles. The summed E-state index contributed by atoms with van der Waals surface area (Å²) < 4.78 is 0. The Morgan fingerprint density at radius 2 is 1.64 bits per heavy atom. The predicted octanol–water partition coefficient (Wildman–Crippen LogP) is 3.47. The molecule has 0 N–H and O–H groups in total. The topological polar surface area (TPSA) is 0 Å². The van der Waals surface area contributed by atoms with Crippen LogP contribution in [0.5, 0.6) is 0 Å². The van der Waals surface area contributed by atoms with E-state index in [1.165, 1.54) is 5.92 Å². The summed E-state index contributed by atoms with van der Waals surface area (Å²) in [6.07, 6.45) is 6.53. The Labute approximate surface area is 86.5 Å². The fraction of sp³-hybridized carbons (Fsp3) is 1.00. The predicted molar refractivity (Wildman–Crippen MR) is 55.7 cm³/mol. The minimum absolute atomic E-state index is 0.924. The minimum Gasteiger partial charge on any atom is -0.0625 e. The molecule has 5 fully saturated rings. The fourth-order valence-electron chi connectivity index (χ4n) is 6.38. The summed E-state index contributed by atoms with van der Waals surface area (Å²) in [4.78, 5) is 0. The Bertz CT molecular complexity index is 369. The van der Waals surface area contributed by atoms with Crippen LogP contribution in [0.1, 0.15) is 46.5 Å². The lowest BCUT2D eigenvalue weighted by Gasteiger charge is -2.24. The van der Waals surface area contributed by atoms with Crippen molar-refractivity contribution in [1.82, 2.24) is 0 Å². The second-order valence-corrected chi connectivity index (χ2v) is 7.58. The Morgan fingerprint density at radius 3 is 2.07 bits per heavy atom.